The lowest BCUT2D eigenvalue weighted by Crippen LogP contribution is -2.54. The van der Waals surface area contributed by atoms with Crippen molar-refractivity contribution in [2.45, 2.75) is 0 Å². The monoisotopic (exact) mass is 241 g/mol. The smallest absolute Gasteiger partial charge is 0.378 e. The Labute approximate surface area is 98.1 Å². The van der Waals surface area contributed by atoms with Gasteiger partial charge >= 0.3 is 8.80 Å². The molecule has 0 saturated carbocycles. The van der Waals surface area contributed by atoms with Gasteiger partial charge in [0.15, 0.2) is 0 Å². The van der Waals surface area contributed by atoms with E-state index >= 15 is 0 Å². The molecular formula is C11H19NO3Si. The van der Waals surface area contributed by atoms with Gasteiger partial charge in [0.2, 0.25) is 0 Å². The van der Waals surface area contributed by atoms with E-state index in [1.807, 2.05) is 43.3 Å². The van der Waals surface area contributed by atoms with Crippen molar-refractivity contribution in [3.05, 3.63) is 24.3 Å². The minimum absolute atomic E-state index is 0.964. The molecule has 0 radical (unpaired) electrons. The first-order valence-corrected chi connectivity index (χ1v) is 6.75. The molecule has 1 aromatic carbocycles. The highest BCUT2D eigenvalue weighted by Crippen LogP contribution is 2.13. The summed E-state index contributed by atoms with van der Waals surface area (Å²) in [5, 5.41) is 0.964. The zero-order chi connectivity index (χ0) is 12.2. The van der Waals surface area contributed by atoms with Gasteiger partial charge in [-0.1, -0.05) is 12.1 Å². The number of anilines is 1. The van der Waals surface area contributed by atoms with E-state index in [-0.39, 0.29) is 0 Å². The summed E-state index contributed by atoms with van der Waals surface area (Å²) in [5.74, 6) is 0. The second-order valence-corrected chi connectivity index (χ2v) is 6.53. The molecule has 0 amide bonds. The van der Waals surface area contributed by atoms with E-state index in [0.29, 0.717) is 0 Å². The van der Waals surface area contributed by atoms with E-state index in [2.05, 4.69) is 0 Å². The fraction of sp³-hybridized carbons (Fsp3) is 0.455. The summed E-state index contributed by atoms with van der Waals surface area (Å²) in [7, 11) is 6.13. The number of hydrogen-bond donors (Lipinski definition) is 0. The molecule has 1 rings (SSSR count). The van der Waals surface area contributed by atoms with E-state index in [1.165, 1.54) is 0 Å². The van der Waals surface area contributed by atoms with Gasteiger partial charge in [-0.25, -0.2) is 0 Å². The van der Waals surface area contributed by atoms with Crippen LogP contribution in [-0.2, 0) is 13.3 Å². The summed E-state index contributed by atoms with van der Waals surface area (Å²) in [6.45, 7) is 0. The molecule has 0 N–H and O–H groups in total. The Morgan fingerprint density at radius 3 is 2.00 bits per heavy atom. The van der Waals surface area contributed by atoms with Crippen molar-refractivity contribution in [3.8, 4) is 0 Å². The molecule has 0 aliphatic rings. The predicted molar refractivity (Wildman–Crippen MR) is 67.2 cm³/mol. The lowest BCUT2D eigenvalue weighted by atomic mass is 10.3. The molecule has 16 heavy (non-hydrogen) atoms. The zero-order valence-corrected chi connectivity index (χ0v) is 11.5. The quantitative estimate of drug-likeness (QED) is 0.715. The van der Waals surface area contributed by atoms with E-state index in [1.54, 1.807) is 21.3 Å². The predicted octanol–water partition coefficient (Wildman–Crippen LogP) is 0.838. The summed E-state index contributed by atoms with van der Waals surface area (Å²) in [4.78, 5) is 2.03. The summed E-state index contributed by atoms with van der Waals surface area (Å²) in [6, 6.07) is 8.01. The molecule has 0 heterocycles. The topological polar surface area (TPSA) is 30.9 Å². The molecule has 4 nitrogen and oxygen atoms in total. The molecule has 0 atom stereocenters. The molecule has 0 aliphatic carbocycles. The summed E-state index contributed by atoms with van der Waals surface area (Å²) in [6.07, 6.45) is 0. The van der Waals surface area contributed by atoms with Crippen LogP contribution in [0.4, 0.5) is 5.69 Å². The van der Waals surface area contributed by atoms with Gasteiger partial charge in [0, 0.05) is 46.3 Å². The van der Waals surface area contributed by atoms with Crippen molar-refractivity contribution >= 4 is 19.7 Å². The molecule has 90 valence electrons. The number of rotatable bonds is 5. The molecular weight excluding hydrogens is 222 g/mol. The fourth-order valence-corrected chi connectivity index (χ4v) is 3.41. The van der Waals surface area contributed by atoms with Crippen molar-refractivity contribution in [2.75, 3.05) is 40.3 Å². The molecule has 0 aromatic heterocycles. The lowest BCUT2D eigenvalue weighted by molar-refractivity contribution is 0.140. The Hall–Kier alpha value is -0.883. The highest BCUT2D eigenvalue weighted by atomic mass is 28.4. The number of benzene rings is 1. The van der Waals surface area contributed by atoms with Gasteiger partial charge in [-0.2, -0.15) is 0 Å². The van der Waals surface area contributed by atoms with Gasteiger partial charge in [0.25, 0.3) is 0 Å². The van der Waals surface area contributed by atoms with Crippen LogP contribution < -0.4 is 10.1 Å². The molecule has 0 unspecified atom stereocenters. The maximum Gasteiger partial charge on any atom is 0.536 e. The van der Waals surface area contributed by atoms with Gasteiger partial charge in [0.1, 0.15) is 0 Å². The van der Waals surface area contributed by atoms with E-state index in [4.69, 9.17) is 13.3 Å². The minimum Gasteiger partial charge on any atom is -0.378 e. The van der Waals surface area contributed by atoms with Crippen LogP contribution in [0.2, 0.25) is 0 Å². The summed E-state index contributed by atoms with van der Waals surface area (Å²) < 4.78 is 16.3. The van der Waals surface area contributed by atoms with Gasteiger partial charge in [-0.3, -0.25) is 0 Å². The second kappa shape index (κ2) is 5.45. The van der Waals surface area contributed by atoms with Crippen molar-refractivity contribution < 1.29 is 13.3 Å². The van der Waals surface area contributed by atoms with Crippen LogP contribution in [0.5, 0.6) is 0 Å². The third-order valence-corrected chi connectivity index (χ3v) is 5.15. The van der Waals surface area contributed by atoms with E-state index < -0.39 is 8.80 Å². The van der Waals surface area contributed by atoms with E-state index in [9.17, 15) is 0 Å². The van der Waals surface area contributed by atoms with Crippen LogP contribution in [0.15, 0.2) is 24.3 Å². The van der Waals surface area contributed by atoms with Crippen LogP contribution in [0.1, 0.15) is 0 Å². The van der Waals surface area contributed by atoms with Crippen LogP contribution in [0.3, 0.4) is 0 Å². The molecule has 5 heteroatoms. The summed E-state index contributed by atoms with van der Waals surface area (Å²) >= 11 is 0. The van der Waals surface area contributed by atoms with Gasteiger partial charge in [-0.15, -0.1) is 0 Å². The van der Waals surface area contributed by atoms with Crippen LogP contribution in [0.25, 0.3) is 0 Å². The largest absolute Gasteiger partial charge is 0.536 e. The van der Waals surface area contributed by atoms with Crippen LogP contribution in [-0.4, -0.2) is 44.2 Å². The van der Waals surface area contributed by atoms with Crippen molar-refractivity contribution in [1.82, 2.24) is 0 Å². The fourth-order valence-electron chi connectivity index (χ4n) is 1.58. The highest BCUT2D eigenvalue weighted by Gasteiger charge is 2.40. The average Bonchev–Trinajstić information content (AvgIpc) is 2.32. The molecule has 0 spiro atoms. The lowest BCUT2D eigenvalue weighted by Gasteiger charge is -2.25. The molecule has 0 fully saturated rings. The Bertz CT molecular complexity index is 331. The highest BCUT2D eigenvalue weighted by molar-refractivity contribution is 6.75. The van der Waals surface area contributed by atoms with Crippen molar-refractivity contribution in [2.24, 2.45) is 0 Å². The Morgan fingerprint density at radius 1 is 1.00 bits per heavy atom. The number of nitrogens with zero attached hydrogens (tertiary/aromatic N) is 1. The number of hydrogen-bond acceptors (Lipinski definition) is 4. The van der Waals surface area contributed by atoms with Gasteiger partial charge in [0.05, 0.1) is 0 Å². The van der Waals surface area contributed by atoms with Crippen molar-refractivity contribution in [1.29, 1.82) is 0 Å². The maximum absolute atomic E-state index is 5.43. The van der Waals surface area contributed by atoms with Gasteiger partial charge in [-0.05, 0) is 12.1 Å². The first kappa shape index (κ1) is 13.2. The molecule has 0 bridgehead atoms. The standard InChI is InChI=1S/C11H19NO3Si/c1-12(2)10-7-6-8-11(9-10)16(13-3,14-4)15-5/h6-9H,1-5H3. The van der Waals surface area contributed by atoms with Crippen LogP contribution in [0, 0.1) is 0 Å². The molecule has 0 saturated heterocycles. The Morgan fingerprint density at radius 2 is 1.56 bits per heavy atom. The minimum atomic E-state index is -2.70. The Balaban J connectivity index is 3.15. The first-order valence-electron chi connectivity index (χ1n) is 5.03. The zero-order valence-electron chi connectivity index (χ0n) is 10.5. The molecule has 1 aromatic rings. The van der Waals surface area contributed by atoms with E-state index in [0.717, 1.165) is 10.9 Å². The Kier molecular flexibility index (Phi) is 4.49. The van der Waals surface area contributed by atoms with Gasteiger partial charge < -0.3 is 18.2 Å². The maximum atomic E-state index is 5.43. The third-order valence-electron chi connectivity index (χ3n) is 2.52. The normalized spacial score (nSPS) is 11.6. The second-order valence-electron chi connectivity index (χ2n) is 3.61. The van der Waals surface area contributed by atoms with Crippen molar-refractivity contribution in [3.63, 3.8) is 0 Å². The van der Waals surface area contributed by atoms with Crippen LogP contribution >= 0.6 is 0 Å². The first-order chi connectivity index (χ1) is 7.59. The SMILES string of the molecule is CO[Si](OC)(OC)c1cccc(N(C)C)c1. The average molecular weight is 241 g/mol. The summed E-state index contributed by atoms with van der Waals surface area (Å²) in [5.41, 5.74) is 1.10. The third kappa shape index (κ3) is 2.44. The molecule has 0 aliphatic heterocycles.